The van der Waals surface area contributed by atoms with E-state index in [2.05, 4.69) is 57.5 Å². The summed E-state index contributed by atoms with van der Waals surface area (Å²) in [5.74, 6) is 0.857. The minimum atomic E-state index is 0.634. The number of benzene rings is 1. The van der Waals surface area contributed by atoms with Crippen LogP contribution in [0.15, 0.2) is 55.0 Å². The van der Waals surface area contributed by atoms with Gasteiger partial charge in [-0.1, -0.05) is 36.4 Å². The first-order chi connectivity index (χ1) is 12.2. The minimum Gasteiger partial charge on any atom is -0.364 e. The molecule has 1 N–H and O–H groups in total. The zero-order valence-electron chi connectivity index (χ0n) is 14.2. The number of hydrogen-bond acceptors (Lipinski definition) is 5. The van der Waals surface area contributed by atoms with Crippen LogP contribution in [0.5, 0.6) is 0 Å². The summed E-state index contributed by atoms with van der Waals surface area (Å²) in [5.41, 5.74) is 4.55. The van der Waals surface area contributed by atoms with E-state index >= 15 is 0 Å². The molecule has 0 unspecified atom stereocenters. The van der Waals surface area contributed by atoms with E-state index < -0.39 is 0 Å². The topological polar surface area (TPSA) is 50.7 Å². The van der Waals surface area contributed by atoms with Gasteiger partial charge >= 0.3 is 0 Å². The smallest absolute Gasteiger partial charge is 0.139 e. The number of rotatable bonds is 4. The molecule has 25 heavy (non-hydrogen) atoms. The Morgan fingerprint density at radius 1 is 0.960 bits per heavy atom. The van der Waals surface area contributed by atoms with Crippen LogP contribution in [0.2, 0.25) is 0 Å². The zero-order chi connectivity index (χ0) is 17.2. The Morgan fingerprint density at radius 2 is 1.80 bits per heavy atom. The number of hydrogen-bond donors (Lipinski definition) is 1. The number of fused-ring (bicyclic) bond motifs is 1. The van der Waals surface area contributed by atoms with E-state index in [0.717, 1.165) is 27.3 Å². The number of nitrogens with one attached hydrogen (secondary N) is 1. The summed E-state index contributed by atoms with van der Waals surface area (Å²) in [6.07, 6.45) is 3.51. The van der Waals surface area contributed by atoms with E-state index in [0.29, 0.717) is 6.54 Å². The molecule has 4 aromatic rings. The Bertz CT molecular complexity index is 1010. The Balaban J connectivity index is 1.75. The van der Waals surface area contributed by atoms with E-state index in [9.17, 15) is 0 Å². The number of pyridine rings is 1. The highest BCUT2D eigenvalue weighted by atomic mass is 32.1. The molecule has 0 aliphatic heterocycles. The van der Waals surface area contributed by atoms with Crippen molar-refractivity contribution in [1.82, 2.24) is 15.0 Å². The highest BCUT2D eigenvalue weighted by molar-refractivity contribution is 7.19. The first-order valence-electron chi connectivity index (χ1n) is 8.17. The van der Waals surface area contributed by atoms with E-state index in [1.165, 1.54) is 16.0 Å². The molecule has 0 saturated carbocycles. The van der Waals surface area contributed by atoms with E-state index in [4.69, 9.17) is 0 Å². The predicted octanol–water partition coefficient (Wildman–Crippen LogP) is 4.98. The minimum absolute atomic E-state index is 0.634. The van der Waals surface area contributed by atoms with Gasteiger partial charge in [0.05, 0.1) is 17.6 Å². The average Bonchev–Trinajstić information content (AvgIpc) is 2.98. The number of thiophene rings is 1. The van der Waals surface area contributed by atoms with Gasteiger partial charge in [-0.25, -0.2) is 9.97 Å². The fraction of sp³-hybridized carbons (Fsp3) is 0.150. The second-order valence-electron chi connectivity index (χ2n) is 5.98. The molecular formula is C20H18N4S. The molecule has 0 amide bonds. The molecule has 0 fully saturated rings. The van der Waals surface area contributed by atoms with Gasteiger partial charge in [-0.05, 0) is 31.0 Å². The highest BCUT2D eigenvalue weighted by Crippen LogP contribution is 2.40. The van der Waals surface area contributed by atoms with Gasteiger partial charge in [-0.2, -0.15) is 0 Å². The summed E-state index contributed by atoms with van der Waals surface area (Å²) in [5, 5.41) is 4.53. The first kappa shape index (κ1) is 15.7. The van der Waals surface area contributed by atoms with Gasteiger partial charge in [0.1, 0.15) is 17.0 Å². The molecule has 3 aromatic heterocycles. The van der Waals surface area contributed by atoms with E-state index in [1.54, 1.807) is 17.7 Å². The van der Waals surface area contributed by atoms with Crippen molar-refractivity contribution in [2.75, 3.05) is 5.32 Å². The molecule has 0 spiro atoms. The van der Waals surface area contributed by atoms with Crippen molar-refractivity contribution < 1.29 is 0 Å². The van der Waals surface area contributed by atoms with Crippen molar-refractivity contribution in [1.29, 1.82) is 0 Å². The van der Waals surface area contributed by atoms with E-state index in [-0.39, 0.29) is 0 Å². The zero-order valence-corrected chi connectivity index (χ0v) is 15.0. The van der Waals surface area contributed by atoms with Gasteiger partial charge in [-0.3, -0.25) is 4.98 Å². The monoisotopic (exact) mass is 346 g/mol. The summed E-state index contributed by atoms with van der Waals surface area (Å²) in [6, 6.07) is 14.5. The number of anilines is 1. The maximum atomic E-state index is 4.50. The summed E-state index contributed by atoms with van der Waals surface area (Å²) in [6.45, 7) is 4.81. The average molecular weight is 346 g/mol. The third-order valence-corrected chi connectivity index (χ3v) is 5.15. The lowest BCUT2D eigenvalue weighted by Gasteiger charge is -2.09. The maximum absolute atomic E-state index is 4.50. The Labute approximate surface area is 150 Å². The van der Waals surface area contributed by atoms with Gasteiger partial charge in [0.2, 0.25) is 0 Å². The van der Waals surface area contributed by atoms with Gasteiger partial charge in [0.25, 0.3) is 0 Å². The lowest BCUT2D eigenvalue weighted by molar-refractivity contribution is 1.02. The second kappa shape index (κ2) is 6.61. The van der Waals surface area contributed by atoms with Crippen LogP contribution in [0, 0.1) is 13.8 Å². The summed E-state index contributed by atoms with van der Waals surface area (Å²) >= 11 is 1.70. The lowest BCUT2D eigenvalue weighted by Crippen LogP contribution is -2.04. The third-order valence-electron chi connectivity index (χ3n) is 4.14. The standard InChI is InChI=1S/C20H18N4S/c1-13-8-9-16(21-10-13)11-22-19-18-17(15-6-4-3-5-7-15)14(2)25-20(18)24-12-23-19/h3-10,12H,11H2,1-2H3,(H,22,23,24). The van der Waals surface area contributed by atoms with Crippen LogP contribution < -0.4 is 5.32 Å². The highest BCUT2D eigenvalue weighted by Gasteiger charge is 2.16. The molecule has 4 rings (SSSR count). The van der Waals surface area contributed by atoms with Crippen molar-refractivity contribution in [3.8, 4) is 11.1 Å². The van der Waals surface area contributed by atoms with Gasteiger partial charge in [0.15, 0.2) is 0 Å². The second-order valence-corrected chi connectivity index (χ2v) is 7.19. The molecule has 124 valence electrons. The lowest BCUT2D eigenvalue weighted by atomic mass is 10.0. The summed E-state index contributed by atoms with van der Waals surface area (Å²) < 4.78 is 0. The Morgan fingerprint density at radius 3 is 2.56 bits per heavy atom. The van der Waals surface area contributed by atoms with Crippen molar-refractivity contribution in [2.45, 2.75) is 20.4 Å². The Hall–Kier alpha value is -2.79. The molecule has 0 saturated heterocycles. The van der Waals surface area contributed by atoms with Gasteiger partial charge in [-0.15, -0.1) is 11.3 Å². The molecular weight excluding hydrogens is 328 g/mol. The van der Waals surface area contributed by atoms with Crippen LogP contribution in [0.4, 0.5) is 5.82 Å². The van der Waals surface area contributed by atoms with Crippen molar-refractivity contribution in [2.24, 2.45) is 0 Å². The molecule has 4 nitrogen and oxygen atoms in total. The van der Waals surface area contributed by atoms with Crippen LogP contribution >= 0.6 is 11.3 Å². The third kappa shape index (κ3) is 3.10. The van der Waals surface area contributed by atoms with Crippen LogP contribution in [-0.2, 0) is 6.54 Å². The van der Waals surface area contributed by atoms with Crippen molar-refractivity contribution in [3.05, 3.63) is 71.1 Å². The quantitative estimate of drug-likeness (QED) is 0.566. The normalized spacial score (nSPS) is 11.0. The van der Waals surface area contributed by atoms with Gasteiger partial charge in [0, 0.05) is 16.6 Å². The molecule has 0 aliphatic rings. The fourth-order valence-electron chi connectivity index (χ4n) is 2.91. The number of nitrogens with zero attached hydrogens (tertiary/aromatic N) is 3. The van der Waals surface area contributed by atoms with Crippen molar-refractivity contribution >= 4 is 27.4 Å². The fourth-order valence-corrected chi connectivity index (χ4v) is 3.92. The summed E-state index contributed by atoms with van der Waals surface area (Å²) in [4.78, 5) is 15.7. The maximum Gasteiger partial charge on any atom is 0.139 e. The molecule has 0 bridgehead atoms. The Kier molecular flexibility index (Phi) is 4.15. The number of aromatic nitrogens is 3. The molecule has 0 atom stereocenters. The molecule has 5 heteroatoms. The molecule has 1 aromatic carbocycles. The summed E-state index contributed by atoms with van der Waals surface area (Å²) in [7, 11) is 0. The van der Waals surface area contributed by atoms with Crippen LogP contribution in [0.3, 0.4) is 0 Å². The largest absolute Gasteiger partial charge is 0.364 e. The molecule has 0 aliphatic carbocycles. The first-order valence-corrected chi connectivity index (χ1v) is 8.99. The number of aryl methyl sites for hydroxylation is 2. The predicted molar refractivity (Wildman–Crippen MR) is 104 cm³/mol. The molecule has 0 radical (unpaired) electrons. The molecule has 3 heterocycles. The van der Waals surface area contributed by atoms with Crippen LogP contribution in [0.1, 0.15) is 16.1 Å². The van der Waals surface area contributed by atoms with Crippen molar-refractivity contribution in [3.63, 3.8) is 0 Å². The van der Waals surface area contributed by atoms with Crippen LogP contribution in [-0.4, -0.2) is 15.0 Å². The SMILES string of the molecule is Cc1ccc(CNc2ncnc3sc(C)c(-c4ccccc4)c23)nc1. The van der Waals surface area contributed by atoms with Gasteiger partial charge < -0.3 is 5.32 Å². The van der Waals surface area contributed by atoms with Crippen LogP contribution in [0.25, 0.3) is 21.3 Å². The van der Waals surface area contributed by atoms with E-state index in [1.807, 2.05) is 25.3 Å².